The second-order valence-electron chi connectivity index (χ2n) is 7.39. The molecule has 6 heteroatoms. The van der Waals surface area contributed by atoms with Gasteiger partial charge in [0.1, 0.15) is 11.5 Å². The van der Waals surface area contributed by atoms with Crippen LogP contribution in [0.25, 0.3) is 10.8 Å². The van der Waals surface area contributed by atoms with Crippen LogP contribution >= 0.6 is 0 Å². The van der Waals surface area contributed by atoms with Gasteiger partial charge in [0.25, 0.3) is 0 Å². The molecule has 0 bridgehead atoms. The fraction of sp³-hybridized carbons (Fsp3) is 0.273. The van der Waals surface area contributed by atoms with E-state index in [1.807, 2.05) is 30.3 Å². The van der Waals surface area contributed by atoms with Gasteiger partial charge in [-0.25, -0.2) is 13.1 Å². The number of phenols is 2. The first-order valence-electron chi connectivity index (χ1n) is 9.46. The molecule has 3 aromatic rings. The summed E-state index contributed by atoms with van der Waals surface area (Å²) in [7, 11) is -3.61. The lowest BCUT2D eigenvalue weighted by molar-refractivity contribution is 0.363. The van der Waals surface area contributed by atoms with Crippen molar-refractivity contribution in [3.05, 3.63) is 66.2 Å². The first kappa shape index (κ1) is 18.8. The van der Waals surface area contributed by atoms with Gasteiger partial charge in [-0.2, -0.15) is 0 Å². The number of hydrogen-bond acceptors (Lipinski definition) is 4. The van der Waals surface area contributed by atoms with Gasteiger partial charge in [-0.1, -0.05) is 42.5 Å². The van der Waals surface area contributed by atoms with Crippen molar-refractivity contribution in [1.82, 2.24) is 4.72 Å². The van der Waals surface area contributed by atoms with Crippen LogP contribution in [-0.4, -0.2) is 24.7 Å². The lowest BCUT2D eigenvalue weighted by Gasteiger charge is -2.29. The Morgan fingerprint density at radius 3 is 2.32 bits per heavy atom. The molecule has 28 heavy (non-hydrogen) atoms. The summed E-state index contributed by atoms with van der Waals surface area (Å²) in [5.41, 5.74) is 0.813. The molecule has 0 aromatic heterocycles. The van der Waals surface area contributed by atoms with Gasteiger partial charge in [-0.3, -0.25) is 0 Å². The highest BCUT2D eigenvalue weighted by atomic mass is 32.2. The van der Waals surface area contributed by atoms with E-state index in [1.165, 1.54) is 6.07 Å². The van der Waals surface area contributed by atoms with Crippen LogP contribution in [0.4, 0.5) is 0 Å². The smallest absolute Gasteiger partial charge is 0.241 e. The first-order chi connectivity index (χ1) is 13.4. The quantitative estimate of drug-likeness (QED) is 0.614. The zero-order valence-electron chi connectivity index (χ0n) is 15.4. The standard InChI is InChI=1S/C22H23NO4S/c24-18-12-13-19(21(25)14-18)16-8-10-17(11-9-16)23-28(26,27)22-7-3-5-15-4-1-2-6-20(15)22/h1-7,12-14,16-17,23-25H,8-11H2. The molecule has 4 rings (SSSR count). The molecule has 0 radical (unpaired) electrons. The van der Waals surface area contributed by atoms with Crippen LogP contribution in [-0.2, 0) is 10.0 Å². The third kappa shape index (κ3) is 3.70. The number of fused-ring (bicyclic) bond motifs is 1. The molecule has 0 unspecified atom stereocenters. The summed E-state index contributed by atoms with van der Waals surface area (Å²) in [6, 6.07) is 17.3. The summed E-state index contributed by atoms with van der Waals surface area (Å²) >= 11 is 0. The molecule has 5 nitrogen and oxygen atoms in total. The van der Waals surface area contributed by atoms with Crippen LogP contribution in [0.5, 0.6) is 11.5 Å². The SMILES string of the molecule is O=S(=O)(NC1CCC(c2ccc(O)cc2O)CC1)c1cccc2ccccc12. The van der Waals surface area contributed by atoms with Crippen LogP contribution in [0, 0.1) is 0 Å². The topological polar surface area (TPSA) is 86.6 Å². The molecule has 1 saturated carbocycles. The molecule has 0 aliphatic heterocycles. The molecule has 0 amide bonds. The molecule has 1 aliphatic rings. The summed E-state index contributed by atoms with van der Waals surface area (Å²) < 4.78 is 28.8. The Kier molecular flexibility index (Phi) is 5.00. The Bertz CT molecular complexity index is 1100. The van der Waals surface area contributed by atoms with Crippen LogP contribution in [0.1, 0.15) is 37.2 Å². The number of phenolic OH excluding ortho intramolecular Hbond substituents is 2. The Morgan fingerprint density at radius 1 is 0.857 bits per heavy atom. The highest BCUT2D eigenvalue weighted by Crippen LogP contribution is 2.38. The van der Waals surface area contributed by atoms with E-state index >= 15 is 0 Å². The zero-order valence-corrected chi connectivity index (χ0v) is 16.2. The Labute approximate surface area is 164 Å². The Morgan fingerprint density at radius 2 is 1.57 bits per heavy atom. The summed E-state index contributed by atoms with van der Waals surface area (Å²) in [4.78, 5) is 0.309. The second kappa shape index (κ2) is 7.45. The van der Waals surface area contributed by atoms with E-state index in [1.54, 1.807) is 24.3 Å². The van der Waals surface area contributed by atoms with Gasteiger partial charge in [0.2, 0.25) is 10.0 Å². The molecule has 3 aromatic carbocycles. The van der Waals surface area contributed by atoms with Crippen molar-refractivity contribution in [2.75, 3.05) is 0 Å². The zero-order chi connectivity index (χ0) is 19.7. The minimum absolute atomic E-state index is 0.0396. The molecule has 0 spiro atoms. The third-order valence-electron chi connectivity index (χ3n) is 5.54. The van der Waals surface area contributed by atoms with Gasteiger partial charge in [0, 0.05) is 17.5 Å². The van der Waals surface area contributed by atoms with Crippen LogP contribution in [0.15, 0.2) is 65.6 Å². The van der Waals surface area contributed by atoms with E-state index in [2.05, 4.69) is 4.72 Å². The van der Waals surface area contributed by atoms with E-state index in [9.17, 15) is 18.6 Å². The number of sulfonamides is 1. The fourth-order valence-electron chi connectivity index (χ4n) is 4.11. The van der Waals surface area contributed by atoms with E-state index in [0.717, 1.165) is 29.2 Å². The van der Waals surface area contributed by atoms with Crippen LogP contribution in [0.2, 0.25) is 0 Å². The van der Waals surface area contributed by atoms with Gasteiger partial charge in [-0.15, -0.1) is 0 Å². The van der Waals surface area contributed by atoms with E-state index in [0.29, 0.717) is 17.7 Å². The van der Waals surface area contributed by atoms with Crippen molar-refractivity contribution in [1.29, 1.82) is 0 Å². The number of hydrogen-bond donors (Lipinski definition) is 3. The van der Waals surface area contributed by atoms with Gasteiger partial charge in [-0.05, 0) is 54.7 Å². The molecule has 1 aliphatic carbocycles. The molecular weight excluding hydrogens is 374 g/mol. The van der Waals surface area contributed by atoms with Crippen molar-refractivity contribution in [2.24, 2.45) is 0 Å². The highest BCUT2D eigenvalue weighted by Gasteiger charge is 2.28. The fourth-order valence-corrected chi connectivity index (χ4v) is 5.65. The number of rotatable bonds is 4. The van der Waals surface area contributed by atoms with Crippen molar-refractivity contribution < 1.29 is 18.6 Å². The predicted octanol–water partition coefficient (Wildman–Crippen LogP) is 4.26. The minimum atomic E-state index is -3.61. The summed E-state index contributed by atoms with van der Waals surface area (Å²) in [5.74, 6) is 0.302. The van der Waals surface area contributed by atoms with Crippen molar-refractivity contribution >= 4 is 20.8 Å². The average molecular weight is 397 g/mol. The minimum Gasteiger partial charge on any atom is -0.508 e. The maximum absolute atomic E-state index is 13.0. The number of aromatic hydroxyl groups is 2. The summed E-state index contributed by atoms with van der Waals surface area (Å²) in [6.45, 7) is 0. The van der Waals surface area contributed by atoms with Crippen LogP contribution < -0.4 is 4.72 Å². The van der Waals surface area contributed by atoms with E-state index in [4.69, 9.17) is 0 Å². The van der Waals surface area contributed by atoms with Crippen molar-refractivity contribution in [3.63, 3.8) is 0 Å². The Hall–Kier alpha value is -2.57. The summed E-state index contributed by atoms with van der Waals surface area (Å²) in [5, 5.41) is 21.1. The molecule has 0 heterocycles. The maximum Gasteiger partial charge on any atom is 0.241 e. The highest BCUT2D eigenvalue weighted by molar-refractivity contribution is 7.89. The predicted molar refractivity (Wildman–Crippen MR) is 109 cm³/mol. The normalized spacial score (nSPS) is 20.3. The number of nitrogens with one attached hydrogen (secondary N) is 1. The van der Waals surface area contributed by atoms with Crippen LogP contribution in [0.3, 0.4) is 0 Å². The lowest BCUT2D eigenvalue weighted by atomic mass is 9.81. The van der Waals surface area contributed by atoms with E-state index in [-0.39, 0.29) is 23.5 Å². The summed E-state index contributed by atoms with van der Waals surface area (Å²) in [6.07, 6.45) is 2.96. The molecule has 1 fully saturated rings. The van der Waals surface area contributed by atoms with Gasteiger partial charge in [0.05, 0.1) is 4.90 Å². The Balaban J connectivity index is 1.48. The molecular formula is C22H23NO4S. The maximum atomic E-state index is 13.0. The first-order valence-corrected chi connectivity index (χ1v) is 10.9. The molecule has 3 N–H and O–H groups in total. The largest absolute Gasteiger partial charge is 0.508 e. The molecule has 146 valence electrons. The lowest BCUT2D eigenvalue weighted by Crippen LogP contribution is -2.37. The second-order valence-corrected chi connectivity index (χ2v) is 9.07. The molecule has 0 atom stereocenters. The monoisotopic (exact) mass is 397 g/mol. The third-order valence-corrected chi connectivity index (χ3v) is 7.12. The van der Waals surface area contributed by atoms with E-state index < -0.39 is 10.0 Å². The van der Waals surface area contributed by atoms with Crippen molar-refractivity contribution in [3.8, 4) is 11.5 Å². The van der Waals surface area contributed by atoms with Gasteiger partial charge >= 0.3 is 0 Å². The molecule has 0 saturated heterocycles. The van der Waals surface area contributed by atoms with Crippen molar-refractivity contribution in [2.45, 2.75) is 42.5 Å². The number of benzene rings is 3. The van der Waals surface area contributed by atoms with Gasteiger partial charge < -0.3 is 10.2 Å². The van der Waals surface area contributed by atoms with Gasteiger partial charge in [0.15, 0.2) is 0 Å². The average Bonchev–Trinajstić information content (AvgIpc) is 2.68.